The van der Waals surface area contributed by atoms with Gasteiger partial charge in [-0.05, 0) is 29.5 Å². The van der Waals surface area contributed by atoms with E-state index < -0.39 is 11.4 Å². The van der Waals surface area contributed by atoms with Crippen LogP contribution in [-0.4, -0.2) is 35.9 Å². The van der Waals surface area contributed by atoms with Gasteiger partial charge in [-0.3, -0.25) is 4.79 Å². The molecule has 3 N–H and O–H groups in total. The zero-order chi connectivity index (χ0) is 20.6. The van der Waals surface area contributed by atoms with E-state index in [-0.39, 0.29) is 17.0 Å². The Kier molecular flexibility index (Phi) is 5.21. The fourth-order valence-corrected chi connectivity index (χ4v) is 3.66. The van der Waals surface area contributed by atoms with Crippen LogP contribution in [0, 0.1) is 5.41 Å². The lowest BCUT2D eigenvalue weighted by molar-refractivity contribution is 0.0693. The number of benzene rings is 1. The predicted octanol–water partition coefficient (Wildman–Crippen LogP) is 2.70. The average Bonchev–Trinajstić information content (AvgIpc) is 2.63. The summed E-state index contributed by atoms with van der Waals surface area (Å²) < 4.78 is 13.1. The van der Waals surface area contributed by atoms with Crippen molar-refractivity contribution in [3.05, 3.63) is 45.7 Å². The number of pyridine rings is 1. The van der Waals surface area contributed by atoms with Crippen molar-refractivity contribution in [3.63, 3.8) is 0 Å². The number of hydrogen-bond donors (Lipinski definition) is 2. The van der Waals surface area contributed by atoms with Gasteiger partial charge >= 0.3 is 5.97 Å². The van der Waals surface area contributed by atoms with Crippen LogP contribution < -0.4 is 20.6 Å². The van der Waals surface area contributed by atoms with Crippen LogP contribution in [0.2, 0.25) is 0 Å². The molecular formula is C21H26N2O5. The first-order valence-electron chi connectivity index (χ1n) is 9.21. The van der Waals surface area contributed by atoms with Crippen molar-refractivity contribution in [2.24, 2.45) is 11.1 Å². The number of carbonyl (C=O) groups is 1. The van der Waals surface area contributed by atoms with Gasteiger partial charge in [-0.1, -0.05) is 20.8 Å². The minimum absolute atomic E-state index is 0.0237. The van der Waals surface area contributed by atoms with Crippen LogP contribution in [0.5, 0.6) is 11.5 Å². The van der Waals surface area contributed by atoms with Crippen LogP contribution in [0.1, 0.15) is 42.7 Å². The standard InChI is InChI=1S/C21H26N2O5/c1-21(2,3)19-8-12-7-18(28-6-5-22)17(27-4)9-13(12)15-10-16(24)14(20(25)26)11-23(15)19/h7,9-11,19H,5-6,8,22H2,1-4H3,(H,25,26). The van der Waals surface area contributed by atoms with Gasteiger partial charge in [-0.15, -0.1) is 0 Å². The molecule has 2 heterocycles. The number of rotatable bonds is 5. The van der Waals surface area contributed by atoms with Crippen molar-refractivity contribution in [2.45, 2.75) is 33.2 Å². The van der Waals surface area contributed by atoms with Crippen molar-refractivity contribution < 1.29 is 19.4 Å². The first-order valence-corrected chi connectivity index (χ1v) is 9.21. The molecule has 0 saturated heterocycles. The summed E-state index contributed by atoms with van der Waals surface area (Å²) >= 11 is 0. The predicted molar refractivity (Wildman–Crippen MR) is 106 cm³/mol. The Balaban J connectivity index is 2.26. The highest BCUT2D eigenvalue weighted by molar-refractivity contribution is 5.88. The maximum Gasteiger partial charge on any atom is 0.341 e. The van der Waals surface area contributed by atoms with Crippen molar-refractivity contribution in [2.75, 3.05) is 20.3 Å². The maximum atomic E-state index is 12.4. The molecule has 28 heavy (non-hydrogen) atoms. The molecule has 0 aliphatic carbocycles. The molecule has 0 spiro atoms. The minimum atomic E-state index is -1.22. The van der Waals surface area contributed by atoms with Crippen LogP contribution in [0.25, 0.3) is 11.3 Å². The fraction of sp³-hybridized carbons (Fsp3) is 0.429. The summed E-state index contributed by atoms with van der Waals surface area (Å²) in [6.45, 7) is 7.05. The van der Waals surface area contributed by atoms with E-state index in [0.29, 0.717) is 36.8 Å². The number of carboxylic acid groups (broad SMARTS) is 1. The number of nitrogens with zero attached hydrogens (tertiary/aromatic N) is 1. The monoisotopic (exact) mass is 386 g/mol. The van der Waals surface area contributed by atoms with Crippen LogP contribution in [0.15, 0.2) is 29.2 Å². The normalized spacial score (nSPS) is 15.5. The summed E-state index contributed by atoms with van der Waals surface area (Å²) in [5.41, 5.74) is 7.20. The van der Waals surface area contributed by atoms with Gasteiger partial charge in [-0.25, -0.2) is 4.79 Å². The highest BCUT2D eigenvalue weighted by Crippen LogP contribution is 2.45. The van der Waals surface area contributed by atoms with E-state index in [2.05, 4.69) is 20.8 Å². The average molecular weight is 386 g/mol. The number of fused-ring (bicyclic) bond motifs is 3. The molecule has 2 aromatic rings. The molecule has 1 unspecified atom stereocenters. The largest absolute Gasteiger partial charge is 0.493 e. The number of ether oxygens (including phenoxy) is 2. The second-order valence-electron chi connectivity index (χ2n) is 8.03. The lowest BCUT2D eigenvalue weighted by Crippen LogP contribution is -2.32. The van der Waals surface area contributed by atoms with Gasteiger partial charge in [0, 0.05) is 30.4 Å². The maximum absolute atomic E-state index is 12.4. The molecule has 7 nitrogen and oxygen atoms in total. The molecule has 1 aliphatic heterocycles. The Morgan fingerprint density at radius 1 is 1.29 bits per heavy atom. The molecule has 0 amide bonds. The molecule has 1 atom stereocenters. The van der Waals surface area contributed by atoms with E-state index in [0.717, 1.165) is 11.1 Å². The van der Waals surface area contributed by atoms with Crippen LogP contribution >= 0.6 is 0 Å². The van der Waals surface area contributed by atoms with Gasteiger partial charge in [0.15, 0.2) is 16.9 Å². The Morgan fingerprint density at radius 2 is 2.00 bits per heavy atom. The number of aromatic nitrogens is 1. The van der Waals surface area contributed by atoms with Crippen LogP contribution in [-0.2, 0) is 6.42 Å². The molecule has 3 rings (SSSR count). The SMILES string of the molecule is COc1cc2c(cc1OCCN)CC(C(C)(C)C)n1cc(C(=O)O)c(=O)cc1-2. The lowest BCUT2D eigenvalue weighted by Gasteiger charge is -2.39. The summed E-state index contributed by atoms with van der Waals surface area (Å²) in [7, 11) is 1.55. The zero-order valence-electron chi connectivity index (χ0n) is 16.6. The highest BCUT2D eigenvalue weighted by atomic mass is 16.5. The smallest absolute Gasteiger partial charge is 0.341 e. The number of nitrogens with two attached hydrogens (primary N) is 1. The zero-order valence-corrected chi connectivity index (χ0v) is 16.6. The summed E-state index contributed by atoms with van der Waals surface area (Å²) in [5.74, 6) is -0.0677. The molecule has 1 aromatic carbocycles. The molecule has 7 heteroatoms. The molecule has 0 radical (unpaired) electrons. The van der Waals surface area contributed by atoms with E-state index in [9.17, 15) is 14.7 Å². The third kappa shape index (κ3) is 3.49. The van der Waals surface area contributed by atoms with E-state index in [1.54, 1.807) is 7.11 Å². The number of aromatic carboxylic acids is 1. The molecule has 0 bridgehead atoms. The lowest BCUT2D eigenvalue weighted by atomic mass is 9.78. The van der Waals surface area contributed by atoms with Crippen molar-refractivity contribution >= 4 is 5.97 Å². The number of hydrogen-bond acceptors (Lipinski definition) is 5. The van der Waals surface area contributed by atoms with E-state index in [1.165, 1.54) is 12.3 Å². The summed E-state index contributed by atoms with van der Waals surface area (Å²) in [4.78, 5) is 23.9. The summed E-state index contributed by atoms with van der Waals surface area (Å²) in [6.07, 6.45) is 2.14. The molecular weight excluding hydrogens is 360 g/mol. The summed E-state index contributed by atoms with van der Waals surface area (Å²) in [6, 6.07) is 5.15. The molecule has 1 aliphatic rings. The third-order valence-electron chi connectivity index (χ3n) is 5.10. The first-order chi connectivity index (χ1) is 13.2. The molecule has 1 aromatic heterocycles. The van der Waals surface area contributed by atoms with Crippen LogP contribution in [0.4, 0.5) is 0 Å². The van der Waals surface area contributed by atoms with Gasteiger partial charge < -0.3 is 24.9 Å². The Bertz CT molecular complexity index is 972. The van der Waals surface area contributed by atoms with Gasteiger partial charge in [0.2, 0.25) is 0 Å². The highest BCUT2D eigenvalue weighted by Gasteiger charge is 2.34. The second kappa shape index (κ2) is 7.31. The van der Waals surface area contributed by atoms with E-state index >= 15 is 0 Å². The first kappa shape index (κ1) is 19.9. The van der Waals surface area contributed by atoms with E-state index in [4.69, 9.17) is 15.2 Å². The quantitative estimate of drug-likeness (QED) is 0.819. The second-order valence-corrected chi connectivity index (χ2v) is 8.03. The van der Waals surface area contributed by atoms with Gasteiger partial charge in [0.25, 0.3) is 0 Å². The number of carboxylic acids is 1. The van der Waals surface area contributed by atoms with Crippen molar-refractivity contribution in [1.29, 1.82) is 0 Å². The van der Waals surface area contributed by atoms with Gasteiger partial charge in [-0.2, -0.15) is 0 Å². The van der Waals surface area contributed by atoms with E-state index in [1.807, 2.05) is 16.7 Å². The van der Waals surface area contributed by atoms with Gasteiger partial charge in [0.05, 0.1) is 12.8 Å². The fourth-order valence-electron chi connectivity index (χ4n) is 3.66. The molecule has 150 valence electrons. The van der Waals surface area contributed by atoms with Crippen molar-refractivity contribution in [1.82, 2.24) is 4.57 Å². The number of methoxy groups -OCH3 is 1. The minimum Gasteiger partial charge on any atom is -0.493 e. The third-order valence-corrected chi connectivity index (χ3v) is 5.10. The molecule has 0 saturated carbocycles. The van der Waals surface area contributed by atoms with Gasteiger partial charge in [0.1, 0.15) is 12.2 Å². The summed E-state index contributed by atoms with van der Waals surface area (Å²) in [5, 5.41) is 9.39. The topological polar surface area (TPSA) is 104 Å². The Morgan fingerprint density at radius 3 is 2.57 bits per heavy atom. The van der Waals surface area contributed by atoms with Crippen molar-refractivity contribution in [3.8, 4) is 22.8 Å². The molecule has 0 fully saturated rings. The Hall–Kier alpha value is -2.80. The Labute approximate surface area is 163 Å². The van der Waals surface area contributed by atoms with Crippen LogP contribution in [0.3, 0.4) is 0 Å².